The Bertz CT molecular complexity index is 1210. The minimum Gasteiger partial charge on any atom is -0.548 e. The molecular weight excluding hydrogens is 410 g/mol. The molecule has 2 heterocycles. The molecule has 0 aliphatic heterocycles. The predicted octanol–water partition coefficient (Wildman–Crippen LogP) is 3.50. The van der Waals surface area contributed by atoms with Gasteiger partial charge in [0.05, 0.1) is 18.3 Å². The Morgan fingerprint density at radius 3 is 2.50 bits per heavy atom. The molecule has 3 aromatic rings. The van der Waals surface area contributed by atoms with Crippen molar-refractivity contribution in [2.24, 2.45) is 0 Å². The van der Waals surface area contributed by atoms with Crippen molar-refractivity contribution in [3.05, 3.63) is 45.5 Å². The molecule has 0 saturated carbocycles. The van der Waals surface area contributed by atoms with Crippen LogP contribution in [0.2, 0.25) is 0 Å². The minimum atomic E-state index is -1.30. The van der Waals surface area contributed by atoms with Gasteiger partial charge in [0.1, 0.15) is 11.2 Å². The third-order valence-corrected chi connectivity index (χ3v) is 5.86. The number of fused-ring (bicyclic) bond motifs is 2. The average molecular weight is 441 g/mol. The van der Waals surface area contributed by atoms with E-state index in [2.05, 4.69) is 26.1 Å². The monoisotopic (exact) mass is 440 g/mol. The highest BCUT2D eigenvalue weighted by Gasteiger charge is 2.22. The maximum Gasteiger partial charge on any atom is 0.339 e. The standard InChI is InChI=1S/C25H31NO6/c1-6-7-8-19(23(28)29)26-22(27)10-9-15-14(2)16-11-17-18(25(3,4)5)13-31-20(17)12-21(16)32-24(15)30/h11-13,19H,6-10H2,1-5H3,(H,26,27)(H,28,29)/p-1/t19-/m1/s1. The van der Waals surface area contributed by atoms with Crippen LogP contribution in [0.3, 0.4) is 0 Å². The van der Waals surface area contributed by atoms with Gasteiger partial charge in [0, 0.05) is 34.4 Å². The maximum atomic E-state index is 12.6. The molecule has 1 aromatic carbocycles. The van der Waals surface area contributed by atoms with Gasteiger partial charge in [-0.2, -0.15) is 0 Å². The normalized spacial score (nSPS) is 12.9. The quantitative estimate of drug-likeness (QED) is 0.537. The number of hydrogen-bond acceptors (Lipinski definition) is 6. The molecule has 32 heavy (non-hydrogen) atoms. The van der Waals surface area contributed by atoms with Crippen LogP contribution < -0.4 is 16.0 Å². The number of aryl methyl sites for hydroxylation is 1. The topological polar surface area (TPSA) is 113 Å². The molecule has 0 spiro atoms. The fourth-order valence-corrected chi connectivity index (χ4v) is 3.94. The first-order valence-electron chi connectivity index (χ1n) is 11.0. The molecular formula is C25H30NO6-. The maximum absolute atomic E-state index is 12.6. The van der Waals surface area contributed by atoms with E-state index < -0.39 is 23.5 Å². The Balaban J connectivity index is 1.88. The van der Waals surface area contributed by atoms with Crippen LogP contribution in [0.4, 0.5) is 0 Å². The van der Waals surface area contributed by atoms with Gasteiger partial charge in [-0.3, -0.25) is 4.79 Å². The molecule has 0 unspecified atom stereocenters. The molecule has 1 N–H and O–H groups in total. The number of carbonyl (C=O) groups is 2. The van der Waals surface area contributed by atoms with Crippen molar-refractivity contribution < 1.29 is 23.5 Å². The highest BCUT2D eigenvalue weighted by Crippen LogP contribution is 2.35. The smallest absolute Gasteiger partial charge is 0.339 e. The van der Waals surface area contributed by atoms with Gasteiger partial charge in [-0.15, -0.1) is 0 Å². The lowest BCUT2D eigenvalue weighted by atomic mass is 9.86. The van der Waals surface area contributed by atoms with Gasteiger partial charge < -0.3 is 24.1 Å². The first-order valence-corrected chi connectivity index (χ1v) is 11.0. The summed E-state index contributed by atoms with van der Waals surface area (Å²) < 4.78 is 11.2. The average Bonchev–Trinajstić information content (AvgIpc) is 3.12. The molecule has 7 heteroatoms. The van der Waals surface area contributed by atoms with Crippen LogP contribution in [0.1, 0.15) is 70.1 Å². The molecule has 172 valence electrons. The fourth-order valence-electron chi connectivity index (χ4n) is 3.94. The summed E-state index contributed by atoms with van der Waals surface area (Å²) in [7, 11) is 0. The van der Waals surface area contributed by atoms with E-state index in [1.807, 2.05) is 19.9 Å². The molecule has 1 atom stereocenters. The number of benzene rings is 1. The largest absolute Gasteiger partial charge is 0.548 e. The van der Waals surface area contributed by atoms with Crippen molar-refractivity contribution in [1.29, 1.82) is 0 Å². The van der Waals surface area contributed by atoms with Crippen LogP contribution in [0, 0.1) is 6.92 Å². The number of carboxylic acids is 1. The van der Waals surface area contributed by atoms with Gasteiger partial charge in [0.25, 0.3) is 0 Å². The van der Waals surface area contributed by atoms with Crippen molar-refractivity contribution in [2.75, 3.05) is 0 Å². The van der Waals surface area contributed by atoms with Crippen LogP contribution in [-0.4, -0.2) is 17.9 Å². The van der Waals surface area contributed by atoms with Crippen molar-refractivity contribution in [3.8, 4) is 0 Å². The lowest BCUT2D eigenvalue weighted by Crippen LogP contribution is -2.47. The molecule has 2 aromatic heterocycles. The zero-order valence-electron chi connectivity index (χ0n) is 19.3. The second-order valence-electron chi connectivity index (χ2n) is 9.32. The number of aliphatic carboxylic acids is 1. The van der Waals surface area contributed by atoms with Gasteiger partial charge in [0.2, 0.25) is 5.91 Å². The van der Waals surface area contributed by atoms with Crippen molar-refractivity contribution in [3.63, 3.8) is 0 Å². The van der Waals surface area contributed by atoms with Crippen LogP contribution in [0.15, 0.2) is 32.0 Å². The summed E-state index contributed by atoms with van der Waals surface area (Å²) in [5.41, 5.74) is 2.67. The summed E-state index contributed by atoms with van der Waals surface area (Å²) in [6.45, 7) is 10.1. The van der Waals surface area contributed by atoms with E-state index in [1.165, 1.54) is 0 Å². The van der Waals surface area contributed by atoms with Gasteiger partial charge in [-0.25, -0.2) is 4.79 Å². The summed E-state index contributed by atoms with van der Waals surface area (Å²) in [5, 5.41) is 15.5. The fraction of sp³-hybridized carbons (Fsp3) is 0.480. The third kappa shape index (κ3) is 4.87. The number of carbonyl (C=O) groups excluding carboxylic acids is 2. The highest BCUT2D eigenvalue weighted by atomic mass is 16.4. The molecule has 0 saturated heterocycles. The van der Waals surface area contributed by atoms with Crippen LogP contribution in [0.5, 0.6) is 0 Å². The zero-order chi connectivity index (χ0) is 23.6. The molecule has 1 amide bonds. The second kappa shape index (κ2) is 9.18. The van der Waals surface area contributed by atoms with Gasteiger partial charge in [0.15, 0.2) is 0 Å². The van der Waals surface area contributed by atoms with Crippen molar-refractivity contribution in [2.45, 2.75) is 78.2 Å². The summed E-state index contributed by atoms with van der Waals surface area (Å²) in [4.78, 5) is 36.2. The minimum absolute atomic E-state index is 0.0196. The molecule has 7 nitrogen and oxygen atoms in total. The third-order valence-electron chi connectivity index (χ3n) is 5.86. The molecule has 0 aliphatic rings. The zero-order valence-corrected chi connectivity index (χ0v) is 19.3. The second-order valence-corrected chi connectivity index (χ2v) is 9.32. The number of rotatable bonds is 8. The van der Waals surface area contributed by atoms with Crippen LogP contribution >= 0.6 is 0 Å². The van der Waals surface area contributed by atoms with E-state index in [-0.39, 0.29) is 18.3 Å². The lowest BCUT2D eigenvalue weighted by Gasteiger charge is -2.19. The number of carboxylic acid groups (broad SMARTS) is 1. The van der Waals surface area contributed by atoms with E-state index in [0.717, 1.165) is 28.3 Å². The van der Waals surface area contributed by atoms with E-state index in [1.54, 1.807) is 12.3 Å². The number of unbranched alkanes of at least 4 members (excludes halogenated alkanes) is 1. The first kappa shape index (κ1) is 23.6. The van der Waals surface area contributed by atoms with Crippen LogP contribution in [-0.2, 0) is 21.4 Å². The highest BCUT2D eigenvalue weighted by molar-refractivity contribution is 5.97. The van der Waals surface area contributed by atoms with Crippen molar-refractivity contribution >= 4 is 33.8 Å². The van der Waals surface area contributed by atoms with Gasteiger partial charge >= 0.3 is 5.63 Å². The molecule has 3 rings (SSSR count). The Labute approximate surface area is 186 Å². The number of hydrogen-bond donors (Lipinski definition) is 1. The molecule has 0 radical (unpaired) electrons. The Kier molecular flexibility index (Phi) is 6.77. The Morgan fingerprint density at radius 1 is 1.16 bits per heavy atom. The summed E-state index contributed by atoms with van der Waals surface area (Å²) in [6.07, 6.45) is 3.67. The number of furan rings is 1. The van der Waals surface area contributed by atoms with E-state index in [9.17, 15) is 19.5 Å². The SMILES string of the molecule is CCCC[C@@H](NC(=O)CCc1c(C)c2cc3c(C(C)(C)C)coc3cc2oc1=O)C(=O)[O-]. The number of nitrogens with one attached hydrogen (secondary N) is 1. The Morgan fingerprint density at radius 2 is 1.88 bits per heavy atom. The van der Waals surface area contributed by atoms with E-state index in [4.69, 9.17) is 8.83 Å². The molecule has 0 fully saturated rings. The predicted molar refractivity (Wildman–Crippen MR) is 120 cm³/mol. The summed E-state index contributed by atoms with van der Waals surface area (Å²) in [6, 6.07) is 2.66. The lowest BCUT2D eigenvalue weighted by molar-refractivity contribution is -0.308. The van der Waals surface area contributed by atoms with Gasteiger partial charge in [-0.1, -0.05) is 40.5 Å². The van der Waals surface area contributed by atoms with E-state index >= 15 is 0 Å². The summed E-state index contributed by atoms with van der Waals surface area (Å²) in [5.74, 6) is -1.73. The molecule has 0 bridgehead atoms. The van der Waals surface area contributed by atoms with Crippen molar-refractivity contribution in [1.82, 2.24) is 5.32 Å². The summed E-state index contributed by atoms with van der Waals surface area (Å²) >= 11 is 0. The van der Waals surface area contributed by atoms with E-state index in [0.29, 0.717) is 29.6 Å². The Hall–Kier alpha value is -3.09. The van der Waals surface area contributed by atoms with Gasteiger partial charge in [-0.05, 0) is 36.8 Å². The van der Waals surface area contributed by atoms with Crippen LogP contribution in [0.25, 0.3) is 21.9 Å². The first-order chi connectivity index (χ1) is 15.0. The molecule has 0 aliphatic carbocycles. The number of amides is 1.